The van der Waals surface area contributed by atoms with Crippen LogP contribution in [0.5, 0.6) is 0 Å². The molecule has 0 radical (unpaired) electrons. The minimum Gasteiger partial charge on any atom is -0.632 e. The first kappa shape index (κ1) is 15.0. The third kappa shape index (κ3) is 2.40. The summed E-state index contributed by atoms with van der Waals surface area (Å²) < 4.78 is 11.8. The number of rotatable bonds is 3. The molecule has 3 rings (SSSR count). The van der Waals surface area contributed by atoms with Crippen LogP contribution in [0.1, 0.15) is 39.7 Å². The van der Waals surface area contributed by atoms with E-state index in [9.17, 15) is 5.21 Å². The number of quaternary nitrogens is 1. The van der Waals surface area contributed by atoms with E-state index in [-0.39, 0.29) is 28.9 Å². The fourth-order valence-corrected chi connectivity index (χ4v) is 3.96. The van der Waals surface area contributed by atoms with Gasteiger partial charge in [0, 0.05) is 5.56 Å². The van der Waals surface area contributed by atoms with Gasteiger partial charge in [-0.3, -0.25) is 0 Å². The first-order valence-corrected chi connectivity index (χ1v) is 7.85. The van der Waals surface area contributed by atoms with Gasteiger partial charge in [0.25, 0.3) is 0 Å². The van der Waals surface area contributed by atoms with E-state index in [1.54, 1.807) is 0 Å². The Morgan fingerprint density at radius 2 is 1.76 bits per heavy atom. The first-order valence-electron chi connectivity index (χ1n) is 7.85. The molecule has 2 aliphatic heterocycles. The Labute approximate surface area is 126 Å². The number of likely N-dealkylation sites (tertiary alicyclic amines) is 1. The van der Waals surface area contributed by atoms with Crippen molar-refractivity contribution < 1.29 is 14.1 Å². The second-order valence-electron chi connectivity index (χ2n) is 6.78. The van der Waals surface area contributed by atoms with E-state index in [1.165, 1.54) is 0 Å². The molecule has 0 amide bonds. The first-order chi connectivity index (χ1) is 9.87. The lowest BCUT2D eigenvalue weighted by molar-refractivity contribution is -0.931. The van der Waals surface area contributed by atoms with Gasteiger partial charge in [0.15, 0.2) is 5.79 Å². The van der Waals surface area contributed by atoms with Crippen molar-refractivity contribution >= 4 is 0 Å². The lowest BCUT2D eigenvalue weighted by Gasteiger charge is -2.49. The van der Waals surface area contributed by atoms with Crippen LogP contribution in [-0.2, 0) is 16.0 Å². The monoisotopic (exact) mass is 291 g/mol. The quantitative estimate of drug-likeness (QED) is 0.634. The molecule has 2 aliphatic rings. The zero-order valence-corrected chi connectivity index (χ0v) is 13.3. The van der Waals surface area contributed by atoms with Crippen LogP contribution in [-0.4, -0.2) is 34.7 Å². The zero-order chi connectivity index (χ0) is 15.3. The largest absolute Gasteiger partial charge is 0.632 e. The number of hydroxylamine groups is 3. The standard InChI is InChI=1S/C17H25NO3/c1-5-14-16-15(20-17(3,4)21-16)12(2)18(14,19)11-13-9-7-6-8-10-13/h6-10,12,14-16H,5,11H2,1-4H3/t12-,14-,15-,16+,18?/m1/s1. The van der Waals surface area contributed by atoms with Gasteiger partial charge in [-0.2, -0.15) is 0 Å². The van der Waals surface area contributed by atoms with Gasteiger partial charge in [-0.1, -0.05) is 37.3 Å². The normalized spacial score (nSPS) is 41.2. The molecule has 116 valence electrons. The Bertz CT molecular complexity index is 504. The minimum absolute atomic E-state index is 0.0630. The number of hydrogen-bond acceptors (Lipinski definition) is 3. The summed E-state index contributed by atoms with van der Waals surface area (Å²) in [6, 6.07) is 9.83. The highest BCUT2D eigenvalue weighted by atomic mass is 16.8. The molecular formula is C17H25NO3. The summed E-state index contributed by atoms with van der Waals surface area (Å²) in [6.45, 7) is 8.43. The molecule has 2 heterocycles. The molecule has 1 aromatic rings. The van der Waals surface area contributed by atoms with Crippen LogP contribution in [0, 0.1) is 5.21 Å². The summed E-state index contributed by atoms with van der Waals surface area (Å²) in [5.74, 6) is -0.574. The van der Waals surface area contributed by atoms with Crippen LogP contribution in [0.25, 0.3) is 0 Å². The number of nitrogens with zero attached hydrogens (tertiary/aromatic N) is 1. The fraction of sp³-hybridized carbons (Fsp3) is 0.647. The highest BCUT2D eigenvalue weighted by Crippen LogP contribution is 2.46. The third-order valence-electron chi connectivity index (χ3n) is 4.96. The summed E-state index contributed by atoms with van der Waals surface area (Å²) in [7, 11) is 0. The summed E-state index contributed by atoms with van der Waals surface area (Å²) in [5, 5.41) is 13.6. The molecule has 0 saturated carbocycles. The highest BCUT2D eigenvalue weighted by Gasteiger charge is 2.61. The second-order valence-corrected chi connectivity index (χ2v) is 6.78. The molecule has 0 spiro atoms. The van der Waals surface area contributed by atoms with Crippen molar-refractivity contribution in [3.8, 4) is 0 Å². The number of benzene rings is 1. The minimum atomic E-state index is -0.574. The van der Waals surface area contributed by atoms with Gasteiger partial charge < -0.3 is 19.3 Å². The van der Waals surface area contributed by atoms with Crippen LogP contribution in [0.4, 0.5) is 0 Å². The fourth-order valence-electron chi connectivity index (χ4n) is 3.96. The van der Waals surface area contributed by atoms with E-state index in [0.717, 1.165) is 12.0 Å². The lowest BCUT2D eigenvalue weighted by atomic mass is 10.1. The van der Waals surface area contributed by atoms with Crippen molar-refractivity contribution in [2.45, 2.75) is 70.7 Å². The predicted octanol–water partition coefficient (Wildman–Crippen LogP) is 3.20. The second kappa shape index (κ2) is 5.06. The Morgan fingerprint density at radius 1 is 1.14 bits per heavy atom. The van der Waals surface area contributed by atoms with Gasteiger partial charge in [0.05, 0.1) is 0 Å². The third-order valence-corrected chi connectivity index (χ3v) is 4.96. The maximum atomic E-state index is 13.6. The zero-order valence-electron chi connectivity index (χ0n) is 13.3. The number of hydrogen-bond donors (Lipinski definition) is 0. The number of ether oxygens (including phenoxy) is 2. The molecule has 1 aromatic carbocycles. The molecule has 0 aliphatic carbocycles. The van der Waals surface area contributed by atoms with E-state index < -0.39 is 5.79 Å². The van der Waals surface area contributed by atoms with Crippen molar-refractivity contribution in [1.29, 1.82) is 0 Å². The van der Waals surface area contributed by atoms with Crippen molar-refractivity contribution in [2.24, 2.45) is 0 Å². The van der Waals surface area contributed by atoms with Gasteiger partial charge >= 0.3 is 0 Å². The van der Waals surface area contributed by atoms with E-state index in [0.29, 0.717) is 6.54 Å². The number of fused-ring (bicyclic) bond motifs is 1. The molecule has 0 aromatic heterocycles. The Morgan fingerprint density at radius 3 is 2.38 bits per heavy atom. The van der Waals surface area contributed by atoms with Crippen molar-refractivity contribution in [1.82, 2.24) is 0 Å². The molecule has 0 bridgehead atoms. The average molecular weight is 291 g/mol. The molecule has 1 unspecified atom stereocenters. The summed E-state index contributed by atoms with van der Waals surface area (Å²) in [4.78, 5) is 0. The molecule has 5 atom stereocenters. The topological polar surface area (TPSA) is 41.5 Å². The Hall–Kier alpha value is -0.940. The van der Waals surface area contributed by atoms with Crippen LogP contribution in [0.15, 0.2) is 30.3 Å². The van der Waals surface area contributed by atoms with E-state index in [2.05, 4.69) is 6.92 Å². The maximum absolute atomic E-state index is 13.6. The maximum Gasteiger partial charge on any atom is 0.164 e. The SMILES string of the molecule is CC[C@@H]1[C@@H]2OC(C)(C)O[C@@H]2[C@@H](C)[N+]1([O-])Cc1ccccc1. The van der Waals surface area contributed by atoms with Gasteiger partial charge in [-0.25, -0.2) is 0 Å². The summed E-state index contributed by atoms with van der Waals surface area (Å²) in [5.41, 5.74) is 1.08. The molecule has 21 heavy (non-hydrogen) atoms. The van der Waals surface area contributed by atoms with Gasteiger partial charge in [0.1, 0.15) is 30.8 Å². The van der Waals surface area contributed by atoms with Crippen LogP contribution in [0.2, 0.25) is 0 Å². The van der Waals surface area contributed by atoms with Gasteiger partial charge in [0.2, 0.25) is 0 Å². The summed E-state index contributed by atoms with van der Waals surface area (Å²) >= 11 is 0. The Balaban J connectivity index is 1.89. The lowest BCUT2D eigenvalue weighted by Crippen LogP contribution is -2.53. The smallest absolute Gasteiger partial charge is 0.164 e. The van der Waals surface area contributed by atoms with Gasteiger partial charge in [-0.15, -0.1) is 0 Å². The summed E-state index contributed by atoms with van der Waals surface area (Å²) in [6.07, 6.45) is 0.605. The predicted molar refractivity (Wildman–Crippen MR) is 81.1 cm³/mol. The Kier molecular flexibility index (Phi) is 3.61. The molecule has 0 N–H and O–H groups in total. The molecular weight excluding hydrogens is 266 g/mol. The van der Waals surface area contributed by atoms with Crippen LogP contribution >= 0.6 is 0 Å². The van der Waals surface area contributed by atoms with Crippen LogP contribution in [0.3, 0.4) is 0 Å². The van der Waals surface area contributed by atoms with E-state index in [4.69, 9.17) is 9.47 Å². The van der Waals surface area contributed by atoms with Gasteiger partial charge in [-0.05, 0) is 27.2 Å². The molecule has 2 fully saturated rings. The van der Waals surface area contributed by atoms with Crippen LogP contribution < -0.4 is 0 Å². The van der Waals surface area contributed by atoms with E-state index >= 15 is 0 Å². The van der Waals surface area contributed by atoms with E-state index in [1.807, 2.05) is 51.1 Å². The highest BCUT2D eigenvalue weighted by molar-refractivity contribution is 5.14. The molecule has 4 heteroatoms. The van der Waals surface area contributed by atoms with Crippen molar-refractivity contribution in [2.75, 3.05) is 0 Å². The van der Waals surface area contributed by atoms with Crippen molar-refractivity contribution in [3.63, 3.8) is 0 Å². The van der Waals surface area contributed by atoms with Crippen molar-refractivity contribution in [3.05, 3.63) is 41.1 Å². The molecule has 2 saturated heterocycles. The average Bonchev–Trinajstić information content (AvgIpc) is 2.83. The molecule has 4 nitrogen and oxygen atoms in total.